The van der Waals surface area contributed by atoms with E-state index >= 15 is 0 Å². The second kappa shape index (κ2) is 5.75. The molecule has 1 fully saturated rings. The van der Waals surface area contributed by atoms with E-state index in [4.69, 9.17) is 22.7 Å². The summed E-state index contributed by atoms with van der Waals surface area (Å²) in [6, 6.07) is 0. The smallest absolute Gasteiger partial charge is 0.0817 e. The molecule has 1 rings (SSSR count). The molecule has 4 nitrogen and oxygen atoms in total. The largest absolute Gasteiger partial charge is 0.393 e. The van der Waals surface area contributed by atoms with E-state index in [1.807, 2.05) is 7.05 Å². The van der Waals surface area contributed by atoms with Gasteiger partial charge in [0.15, 0.2) is 0 Å². The lowest BCUT2D eigenvalue weighted by molar-refractivity contribution is -0.0765. The molecule has 0 amide bonds. The summed E-state index contributed by atoms with van der Waals surface area (Å²) in [5, 5.41) is 10.2. The van der Waals surface area contributed by atoms with Crippen molar-refractivity contribution in [2.45, 2.75) is 24.9 Å². The minimum Gasteiger partial charge on any atom is -0.393 e. The first-order chi connectivity index (χ1) is 7.02. The number of aliphatic hydroxyl groups is 1. The van der Waals surface area contributed by atoms with Crippen molar-refractivity contribution < 1.29 is 9.84 Å². The summed E-state index contributed by atoms with van der Waals surface area (Å²) in [6.45, 7) is 2.77. The van der Waals surface area contributed by atoms with E-state index in [0.29, 0.717) is 44.0 Å². The van der Waals surface area contributed by atoms with Crippen molar-refractivity contribution in [3.05, 3.63) is 0 Å². The Balaban J connectivity index is 2.28. The van der Waals surface area contributed by atoms with Crippen LogP contribution in [0.5, 0.6) is 0 Å². The second-order valence-corrected chi connectivity index (χ2v) is 4.82. The zero-order valence-corrected chi connectivity index (χ0v) is 10.1. The molecule has 1 saturated heterocycles. The maximum Gasteiger partial charge on any atom is 0.0817 e. The van der Waals surface area contributed by atoms with Crippen LogP contribution in [0.1, 0.15) is 19.3 Å². The van der Waals surface area contributed by atoms with Gasteiger partial charge in [-0.05, 0) is 7.05 Å². The second-order valence-electron chi connectivity index (χ2n) is 4.29. The fourth-order valence-electron chi connectivity index (χ4n) is 1.79. The van der Waals surface area contributed by atoms with Crippen LogP contribution in [-0.2, 0) is 4.74 Å². The Labute approximate surface area is 96.4 Å². The summed E-state index contributed by atoms with van der Waals surface area (Å²) in [5.41, 5.74) is 4.84. The molecule has 5 heteroatoms. The minimum atomic E-state index is -0.594. The van der Waals surface area contributed by atoms with Gasteiger partial charge >= 0.3 is 0 Å². The molecule has 15 heavy (non-hydrogen) atoms. The van der Waals surface area contributed by atoms with Gasteiger partial charge in [-0.3, -0.25) is 0 Å². The fraction of sp³-hybridized carbons (Fsp3) is 0.900. The molecular formula is C10H20N2O2S. The third-order valence-corrected chi connectivity index (χ3v) is 2.93. The van der Waals surface area contributed by atoms with Crippen LogP contribution in [0.4, 0.5) is 0 Å². The van der Waals surface area contributed by atoms with Crippen LogP contribution < -0.4 is 5.73 Å². The van der Waals surface area contributed by atoms with Crippen molar-refractivity contribution in [2.24, 2.45) is 5.73 Å². The summed E-state index contributed by atoms with van der Waals surface area (Å²) in [5.74, 6) is 0. The molecule has 1 aliphatic heterocycles. The summed E-state index contributed by atoms with van der Waals surface area (Å²) in [7, 11) is 1.98. The highest BCUT2D eigenvalue weighted by molar-refractivity contribution is 7.80. The Morgan fingerprint density at radius 1 is 1.53 bits per heavy atom. The Morgan fingerprint density at radius 2 is 2.13 bits per heavy atom. The highest BCUT2D eigenvalue weighted by atomic mass is 32.1. The number of ether oxygens (including phenoxy) is 1. The van der Waals surface area contributed by atoms with Gasteiger partial charge in [0.2, 0.25) is 0 Å². The minimum absolute atomic E-state index is 0.529. The molecule has 0 saturated carbocycles. The van der Waals surface area contributed by atoms with Crippen molar-refractivity contribution >= 4 is 17.2 Å². The molecule has 0 aliphatic carbocycles. The summed E-state index contributed by atoms with van der Waals surface area (Å²) in [4.78, 5) is 2.60. The molecular weight excluding hydrogens is 212 g/mol. The van der Waals surface area contributed by atoms with Gasteiger partial charge in [0, 0.05) is 45.6 Å². The van der Waals surface area contributed by atoms with E-state index in [0.717, 1.165) is 6.54 Å². The SMILES string of the molecule is CN(CCC(N)=S)CC1(O)CCOCC1. The number of nitrogens with zero attached hydrogens (tertiary/aromatic N) is 1. The third kappa shape index (κ3) is 4.88. The van der Waals surface area contributed by atoms with Crippen LogP contribution >= 0.6 is 12.2 Å². The Morgan fingerprint density at radius 3 is 2.67 bits per heavy atom. The van der Waals surface area contributed by atoms with Gasteiger partial charge in [-0.15, -0.1) is 0 Å². The molecule has 0 aromatic heterocycles. The first kappa shape index (κ1) is 12.8. The Kier molecular flexibility index (Phi) is 4.92. The zero-order chi connectivity index (χ0) is 11.3. The molecule has 1 heterocycles. The van der Waals surface area contributed by atoms with Crippen LogP contribution in [0, 0.1) is 0 Å². The number of hydrogen-bond acceptors (Lipinski definition) is 4. The molecule has 3 N–H and O–H groups in total. The van der Waals surface area contributed by atoms with Crippen molar-refractivity contribution in [1.82, 2.24) is 4.90 Å². The molecule has 0 aromatic rings. The van der Waals surface area contributed by atoms with Crippen molar-refractivity contribution in [1.29, 1.82) is 0 Å². The number of thiocarbonyl (C=S) groups is 1. The molecule has 0 spiro atoms. The predicted octanol–water partition coefficient (Wildman–Crippen LogP) is 0.136. The van der Waals surface area contributed by atoms with E-state index in [-0.39, 0.29) is 0 Å². The van der Waals surface area contributed by atoms with Crippen LogP contribution in [0.2, 0.25) is 0 Å². The van der Waals surface area contributed by atoms with E-state index in [9.17, 15) is 5.11 Å². The molecule has 0 aromatic carbocycles. The summed E-state index contributed by atoms with van der Waals surface area (Å²) < 4.78 is 5.23. The molecule has 0 radical (unpaired) electrons. The maximum atomic E-state index is 10.2. The van der Waals surface area contributed by atoms with Gasteiger partial charge in [0.05, 0.1) is 10.6 Å². The zero-order valence-electron chi connectivity index (χ0n) is 9.24. The van der Waals surface area contributed by atoms with E-state index in [1.54, 1.807) is 0 Å². The molecule has 88 valence electrons. The normalized spacial score (nSPS) is 20.5. The Hall–Kier alpha value is -0.230. The van der Waals surface area contributed by atoms with E-state index in [1.165, 1.54) is 0 Å². The van der Waals surface area contributed by atoms with Crippen molar-refractivity contribution in [3.63, 3.8) is 0 Å². The third-order valence-electron chi connectivity index (χ3n) is 2.73. The van der Waals surface area contributed by atoms with Gasteiger partial charge in [0.25, 0.3) is 0 Å². The molecule has 0 bridgehead atoms. The lowest BCUT2D eigenvalue weighted by atomic mass is 9.94. The van der Waals surface area contributed by atoms with Crippen LogP contribution in [0.15, 0.2) is 0 Å². The lowest BCUT2D eigenvalue weighted by Gasteiger charge is -2.35. The summed E-state index contributed by atoms with van der Waals surface area (Å²) in [6.07, 6.45) is 2.13. The number of likely N-dealkylation sites (N-methyl/N-ethyl adjacent to an activating group) is 1. The topological polar surface area (TPSA) is 58.7 Å². The molecule has 0 atom stereocenters. The monoisotopic (exact) mass is 232 g/mol. The van der Waals surface area contributed by atoms with Crippen LogP contribution in [0.25, 0.3) is 0 Å². The number of nitrogens with two attached hydrogens (primary N) is 1. The summed E-state index contributed by atoms with van der Waals surface area (Å²) >= 11 is 4.81. The van der Waals surface area contributed by atoms with Gasteiger partial charge in [-0.25, -0.2) is 0 Å². The average molecular weight is 232 g/mol. The highest BCUT2D eigenvalue weighted by Gasteiger charge is 2.30. The first-order valence-electron chi connectivity index (χ1n) is 5.29. The fourth-order valence-corrected chi connectivity index (χ4v) is 1.88. The highest BCUT2D eigenvalue weighted by Crippen LogP contribution is 2.21. The average Bonchev–Trinajstić information content (AvgIpc) is 2.15. The predicted molar refractivity (Wildman–Crippen MR) is 63.9 cm³/mol. The van der Waals surface area contributed by atoms with Gasteiger partial charge in [-0.2, -0.15) is 0 Å². The molecule has 1 aliphatic rings. The standard InChI is InChI=1S/C10H20N2O2S/c1-12(5-2-9(11)15)8-10(13)3-6-14-7-4-10/h13H,2-8H2,1H3,(H2,11,15). The van der Waals surface area contributed by atoms with E-state index < -0.39 is 5.60 Å². The molecule has 0 unspecified atom stereocenters. The van der Waals surface area contributed by atoms with Gasteiger partial charge < -0.3 is 20.5 Å². The maximum absolute atomic E-state index is 10.2. The Bertz CT molecular complexity index is 217. The van der Waals surface area contributed by atoms with Gasteiger partial charge in [0.1, 0.15) is 0 Å². The van der Waals surface area contributed by atoms with Crippen molar-refractivity contribution in [3.8, 4) is 0 Å². The van der Waals surface area contributed by atoms with Crippen LogP contribution in [-0.4, -0.2) is 53.9 Å². The number of rotatable bonds is 5. The van der Waals surface area contributed by atoms with E-state index in [2.05, 4.69) is 4.90 Å². The number of hydrogen-bond donors (Lipinski definition) is 2. The van der Waals surface area contributed by atoms with Crippen LogP contribution in [0.3, 0.4) is 0 Å². The first-order valence-corrected chi connectivity index (χ1v) is 5.70. The van der Waals surface area contributed by atoms with Crippen molar-refractivity contribution in [2.75, 3.05) is 33.4 Å². The lowest BCUT2D eigenvalue weighted by Crippen LogP contribution is -2.46. The quantitative estimate of drug-likeness (QED) is 0.660. The van der Waals surface area contributed by atoms with Gasteiger partial charge in [-0.1, -0.05) is 12.2 Å².